The zero-order chi connectivity index (χ0) is 12.2. The van der Waals surface area contributed by atoms with Gasteiger partial charge in [-0.3, -0.25) is 0 Å². The molecule has 0 unspecified atom stereocenters. The highest BCUT2D eigenvalue weighted by Crippen LogP contribution is 2.19. The number of halogens is 3. The first kappa shape index (κ1) is 13.1. The summed E-state index contributed by atoms with van der Waals surface area (Å²) in [4.78, 5) is 13.9. The van der Waals surface area contributed by atoms with E-state index in [1.54, 1.807) is 7.05 Å². The monoisotopic (exact) mass is 239 g/mol. The van der Waals surface area contributed by atoms with Gasteiger partial charge in [-0.15, -0.1) is 0 Å². The molecule has 1 saturated heterocycles. The highest BCUT2D eigenvalue weighted by atomic mass is 19.4. The third kappa shape index (κ3) is 3.88. The van der Waals surface area contributed by atoms with Crippen LogP contribution in [0, 0.1) is 0 Å². The van der Waals surface area contributed by atoms with E-state index in [1.165, 1.54) is 4.90 Å². The van der Waals surface area contributed by atoms with Crippen molar-refractivity contribution in [2.75, 3.05) is 39.8 Å². The van der Waals surface area contributed by atoms with Crippen LogP contribution in [0.2, 0.25) is 0 Å². The van der Waals surface area contributed by atoms with Crippen LogP contribution in [0.15, 0.2) is 0 Å². The van der Waals surface area contributed by atoms with Crippen molar-refractivity contribution in [2.45, 2.75) is 12.6 Å². The number of nitrogens with zero attached hydrogens (tertiary/aromatic N) is 2. The fourth-order valence-corrected chi connectivity index (χ4v) is 1.66. The average Bonchev–Trinajstić information content (AvgIpc) is 2.17. The van der Waals surface area contributed by atoms with Gasteiger partial charge in [0.05, 0.1) is 0 Å². The number of nitrogens with one attached hydrogen (secondary N) is 1. The molecular weight excluding hydrogens is 223 g/mol. The Morgan fingerprint density at radius 1 is 1.31 bits per heavy atom. The van der Waals surface area contributed by atoms with Gasteiger partial charge in [-0.25, -0.2) is 4.79 Å². The van der Waals surface area contributed by atoms with Crippen molar-refractivity contribution in [3.63, 3.8) is 0 Å². The number of rotatable bonds is 4. The van der Waals surface area contributed by atoms with Gasteiger partial charge in [-0.05, 0) is 13.5 Å². The molecule has 1 rings (SSSR count). The maximum atomic E-state index is 12.2. The Bertz CT molecular complexity index is 245. The summed E-state index contributed by atoms with van der Waals surface area (Å²) in [5.41, 5.74) is 0. The fraction of sp³-hybridized carbons (Fsp3) is 0.889. The van der Waals surface area contributed by atoms with E-state index in [9.17, 15) is 18.0 Å². The van der Waals surface area contributed by atoms with Crippen LogP contribution in [0.1, 0.15) is 6.42 Å². The standard InChI is InChI=1S/C9H16F3N3O/c1-13-3-6-14-4-2-5-15(8(14)16)7-9(10,11)12/h13H,2-7H2,1H3. The minimum atomic E-state index is -4.32. The first-order chi connectivity index (χ1) is 7.44. The van der Waals surface area contributed by atoms with Gasteiger partial charge >= 0.3 is 12.2 Å². The molecule has 1 fully saturated rings. The molecule has 0 aromatic rings. The van der Waals surface area contributed by atoms with Gasteiger partial charge in [0, 0.05) is 26.2 Å². The molecule has 1 heterocycles. The predicted octanol–water partition coefficient (Wildman–Crippen LogP) is 0.896. The van der Waals surface area contributed by atoms with Gasteiger partial charge < -0.3 is 15.1 Å². The van der Waals surface area contributed by atoms with Crippen LogP contribution in [0.5, 0.6) is 0 Å². The van der Waals surface area contributed by atoms with Crippen molar-refractivity contribution in [3.8, 4) is 0 Å². The predicted molar refractivity (Wildman–Crippen MR) is 53.1 cm³/mol. The molecule has 1 N–H and O–H groups in total. The minimum absolute atomic E-state index is 0.189. The maximum Gasteiger partial charge on any atom is 0.406 e. The van der Waals surface area contributed by atoms with E-state index in [0.29, 0.717) is 26.1 Å². The van der Waals surface area contributed by atoms with E-state index in [1.807, 2.05) is 0 Å². The second kappa shape index (κ2) is 5.38. The summed E-state index contributed by atoms with van der Waals surface area (Å²) in [6.45, 7) is 0.612. The van der Waals surface area contributed by atoms with E-state index in [0.717, 1.165) is 4.90 Å². The first-order valence-corrected chi connectivity index (χ1v) is 5.19. The normalized spacial score (nSPS) is 18.1. The zero-order valence-corrected chi connectivity index (χ0v) is 9.18. The minimum Gasteiger partial charge on any atom is -0.323 e. The van der Waals surface area contributed by atoms with Crippen molar-refractivity contribution in [1.29, 1.82) is 0 Å². The summed E-state index contributed by atoms with van der Waals surface area (Å²) in [7, 11) is 1.74. The Morgan fingerprint density at radius 3 is 2.50 bits per heavy atom. The van der Waals surface area contributed by atoms with E-state index < -0.39 is 18.8 Å². The third-order valence-corrected chi connectivity index (χ3v) is 2.40. The number of carbonyl (C=O) groups is 1. The molecular formula is C9H16F3N3O. The van der Waals surface area contributed by atoms with Gasteiger partial charge in [-0.2, -0.15) is 13.2 Å². The van der Waals surface area contributed by atoms with Gasteiger partial charge in [0.1, 0.15) is 6.54 Å². The number of hydrogen-bond donors (Lipinski definition) is 1. The molecule has 0 radical (unpaired) electrons. The zero-order valence-electron chi connectivity index (χ0n) is 9.18. The Morgan fingerprint density at radius 2 is 1.94 bits per heavy atom. The summed E-state index contributed by atoms with van der Waals surface area (Å²) < 4.78 is 36.5. The Labute approximate surface area is 92.4 Å². The lowest BCUT2D eigenvalue weighted by Gasteiger charge is -2.35. The highest BCUT2D eigenvalue weighted by Gasteiger charge is 2.35. The Balaban J connectivity index is 2.50. The second-order valence-electron chi connectivity index (χ2n) is 3.76. The lowest BCUT2D eigenvalue weighted by Crippen LogP contribution is -2.53. The van der Waals surface area contributed by atoms with Gasteiger partial charge in [-0.1, -0.05) is 0 Å². The SMILES string of the molecule is CNCCN1CCCN(CC(F)(F)F)C1=O. The lowest BCUT2D eigenvalue weighted by molar-refractivity contribution is -0.142. The molecule has 7 heteroatoms. The van der Waals surface area contributed by atoms with Crippen LogP contribution in [-0.2, 0) is 0 Å². The number of carbonyl (C=O) groups excluding carboxylic acids is 1. The number of urea groups is 1. The summed E-state index contributed by atoms with van der Waals surface area (Å²) in [5.74, 6) is 0. The molecule has 16 heavy (non-hydrogen) atoms. The lowest BCUT2D eigenvalue weighted by atomic mass is 10.3. The van der Waals surface area contributed by atoms with E-state index in [-0.39, 0.29) is 6.54 Å². The number of hydrogen-bond acceptors (Lipinski definition) is 2. The number of alkyl halides is 3. The highest BCUT2D eigenvalue weighted by molar-refractivity contribution is 5.75. The third-order valence-electron chi connectivity index (χ3n) is 2.40. The van der Waals surface area contributed by atoms with Crippen LogP contribution >= 0.6 is 0 Å². The topological polar surface area (TPSA) is 35.6 Å². The smallest absolute Gasteiger partial charge is 0.323 e. The van der Waals surface area contributed by atoms with Crippen molar-refractivity contribution in [2.24, 2.45) is 0 Å². The Kier molecular flexibility index (Phi) is 4.40. The molecule has 0 atom stereocenters. The molecule has 0 spiro atoms. The van der Waals surface area contributed by atoms with Crippen LogP contribution < -0.4 is 5.32 Å². The molecule has 94 valence electrons. The van der Waals surface area contributed by atoms with Crippen LogP contribution in [0.4, 0.5) is 18.0 Å². The molecule has 1 aliphatic heterocycles. The average molecular weight is 239 g/mol. The van der Waals surface area contributed by atoms with Crippen molar-refractivity contribution < 1.29 is 18.0 Å². The Hall–Kier alpha value is -0.980. The first-order valence-electron chi connectivity index (χ1n) is 5.19. The van der Waals surface area contributed by atoms with Crippen LogP contribution in [-0.4, -0.2) is 61.8 Å². The van der Waals surface area contributed by atoms with Gasteiger partial charge in [0.15, 0.2) is 0 Å². The maximum absolute atomic E-state index is 12.2. The van der Waals surface area contributed by atoms with Crippen molar-refractivity contribution in [3.05, 3.63) is 0 Å². The molecule has 0 aromatic heterocycles. The summed E-state index contributed by atoms with van der Waals surface area (Å²) in [5, 5.41) is 2.86. The summed E-state index contributed by atoms with van der Waals surface area (Å²) >= 11 is 0. The van der Waals surface area contributed by atoms with Gasteiger partial charge in [0.2, 0.25) is 0 Å². The fourth-order valence-electron chi connectivity index (χ4n) is 1.66. The van der Waals surface area contributed by atoms with E-state index >= 15 is 0 Å². The number of likely N-dealkylation sites (N-methyl/N-ethyl adjacent to an activating group) is 1. The van der Waals surface area contributed by atoms with E-state index in [4.69, 9.17) is 0 Å². The molecule has 0 aliphatic carbocycles. The number of amides is 2. The quantitative estimate of drug-likeness (QED) is 0.791. The molecule has 0 bridgehead atoms. The molecule has 4 nitrogen and oxygen atoms in total. The van der Waals surface area contributed by atoms with Gasteiger partial charge in [0.25, 0.3) is 0 Å². The van der Waals surface area contributed by atoms with Crippen molar-refractivity contribution >= 4 is 6.03 Å². The molecule has 0 aromatic carbocycles. The molecule has 0 saturated carbocycles. The second-order valence-corrected chi connectivity index (χ2v) is 3.76. The van der Waals surface area contributed by atoms with Crippen LogP contribution in [0.3, 0.4) is 0 Å². The van der Waals surface area contributed by atoms with Crippen molar-refractivity contribution in [1.82, 2.24) is 15.1 Å². The van der Waals surface area contributed by atoms with Crippen LogP contribution in [0.25, 0.3) is 0 Å². The molecule has 1 aliphatic rings. The van der Waals surface area contributed by atoms with E-state index in [2.05, 4.69) is 5.32 Å². The molecule has 2 amide bonds. The summed E-state index contributed by atoms with van der Waals surface area (Å²) in [6, 6.07) is -0.515. The summed E-state index contributed by atoms with van der Waals surface area (Å²) in [6.07, 6.45) is -3.73. The largest absolute Gasteiger partial charge is 0.406 e.